The van der Waals surface area contributed by atoms with Gasteiger partial charge in [-0.05, 0) is 25.5 Å². The summed E-state index contributed by atoms with van der Waals surface area (Å²) in [5.74, 6) is -0.865. The van der Waals surface area contributed by atoms with Crippen LogP contribution in [-0.2, 0) is 4.79 Å². The molecule has 92 valence electrons. The Balaban J connectivity index is 2.30. The van der Waals surface area contributed by atoms with Gasteiger partial charge in [0.2, 0.25) is 0 Å². The number of rotatable bonds is 5. The summed E-state index contributed by atoms with van der Waals surface area (Å²) < 4.78 is 0. The lowest BCUT2D eigenvalue weighted by atomic mass is 10.3. The van der Waals surface area contributed by atoms with Crippen LogP contribution in [0.15, 0.2) is 18.3 Å². The molecule has 0 bridgehead atoms. The largest absolute Gasteiger partial charge is 0.481 e. The molecule has 2 amide bonds. The molecule has 0 unspecified atom stereocenters. The van der Waals surface area contributed by atoms with Crippen molar-refractivity contribution < 1.29 is 14.7 Å². The average Bonchev–Trinajstić information content (AvgIpc) is 2.27. The summed E-state index contributed by atoms with van der Waals surface area (Å²) in [5.41, 5.74) is 1.37. The summed E-state index contributed by atoms with van der Waals surface area (Å²) in [6.07, 6.45) is 2.10. The predicted octanol–water partition coefficient (Wildman–Crippen LogP) is 1.38. The number of carboxylic acid groups (broad SMARTS) is 1. The summed E-state index contributed by atoms with van der Waals surface area (Å²) in [6, 6.07) is 3.12. The first-order chi connectivity index (χ1) is 8.09. The van der Waals surface area contributed by atoms with Gasteiger partial charge in [-0.1, -0.05) is 0 Å². The van der Waals surface area contributed by atoms with Crippen molar-refractivity contribution in [3.05, 3.63) is 24.0 Å². The molecule has 0 radical (unpaired) electrons. The Morgan fingerprint density at radius 3 is 2.88 bits per heavy atom. The molecule has 0 fully saturated rings. The van der Waals surface area contributed by atoms with Gasteiger partial charge in [-0.25, -0.2) is 4.79 Å². The minimum atomic E-state index is -0.865. The second-order valence-corrected chi connectivity index (χ2v) is 3.51. The Bertz CT molecular complexity index is 407. The SMILES string of the molecule is Cc1ncccc1NC(=O)NCCCC(=O)O. The van der Waals surface area contributed by atoms with Gasteiger partial charge in [0.15, 0.2) is 0 Å². The van der Waals surface area contributed by atoms with Gasteiger partial charge in [0.25, 0.3) is 0 Å². The van der Waals surface area contributed by atoms with Gasteiger partial charge in [-0.3, -0.25) is 9.78 Å². The van der Waals surface area contributed by atoms with Crippen LogP contribution in [0.4, 0.5) is 10.5 Å². The van der Waals surface area contributed by atoms with E-state index in [1.807, 2.05) is 0 Å². The zero-order valence-corrected chi connectivity index (χ0v) is 9.56. The second kappa shape index (κ2) is 6.47. The van der Waals surface area contributed by atoms with Crippen molar-refractivity contribution in [1.29, 1.82) is 0 Å². The number of anilines is 1. The molecule has 0 aliphatic heterocycles. The Kier molecular flexibility index (Phi) is 4.93. The van der Waals surface area contributed by atoms with E-state index < -0.39 is 5.97 Å². The number of urea groups is 1. The molecular formula is C11H15N3O3. The van der Waals surface area contributed by atoms with Crippen molar-refractivity contribution in [3.8, 4) is 0 Å². The summed E-state index contributed by atoms with van der Waals surface area (Å²) in [4.78, 5) is 25.7. The number of aryl methyl sites for hydroxylation is 1. The minimum Gasteiger partial charge on any atom is -0.481 e. The first kappa shape index (κ1) is 13.0. The van der Waals surface area contributed by atoms with Crippen molar-refractivity contribution in [1.82, 2.24) is 10.3 Å². The summed E-state index contributed by atoms with van der Waals surface area (Å²) in [5, 5.41) is 13.6. The minimum absolute atomic E-state index is 0.0478. The molecule has 1 aromatic rings. The number of carbonyl (C=O) groups excluding carboxylic acids is 1. The van der Waals surface area contributed by atoms with Crippen LogP contribution in [-0.4, -0.2) is 28.6 Å². The van der Waals surface area contributed by atoms with Crippen molar-refractivity contribution in [2.24, 2.45) is 0 Å². The van der Waals surface area contributed by atoms with Crippen LogP contribution in [0.1, 0.15) is 18.5 Å². The van der Waals surface area contributed by atoms with Crippen molar-refractivity contribution in [2.45, 2.75) is 19.8 Å². The van der Waals surface area contributed by atoms with Gasteiger partial charge < -0.3 is 15.7 Å². The third kappa shape index (κ3) is 4.96. The van der Waals surface area contributed by atoms with Crippen LogP contribution < -0.4 is 10.6 Å². The summed E-state index contributed by atoms with van der Waals surface area (Å²) >= 11 is 0. The Morgan fingerprint density at radius 2 is 2.24 bits per heavy atom. The van der Waals surface area contributed by atoms with Crippen molar-refractivity contribution >= 4 is 17.7 Å². The number of nitrogens with one attached hydrogen (secondary N) is 2. The number of nitrogens with zero attached hydrogens (tertiary/aromatic N) is 1. The summed E-state index contributed by atoms with van der Waals surface area (Å²) in [7, 11) is 0. The van der Waals surface area contributed by atoms with Gasteiger partial charge in [0.1, 0.15) is 0 Å². The number of carbonyl (C=O) groups is 2. The predicted molar refractivity (Wildman–Crippen MR) is 62.9 cm³/mol. The molecule has 0 aliphatic carbocycles. The van der Waals surface area contributed by atoms with E-state index in [1.54, 1.807) is 25.3 Å². The van der Waals surface area contributed by atoms with Gasteiger partial charge >= 0.3 is 12.0 Å². The van der Waals surface area contributed by atoms with Crippen LogP contribution in [0.5, 0.6) is 0 Å². The molecule has 1 heterocycles. The lowest BCUT2D eigenvalue weighted by Crippen LogP contribution is -2.30. The van der Waals surface area contributed by atoms with Crippen molar-refractivity contribution in [2.75, 3.05) is 11.9 Å². The van der Waals surface area contributed by atoms with Crippen LogP contribution in [0.2, 0.25) is 0 Å². The summed E-state index contributed by atoms with van der Waals surface area (Å²) in [6.45, 7) is 2.12. The highest BCUT2D eigenvalue weighted by molar-refractivity contribution is 5.89. The molecule has 0 atom stereocenters. The molecule has 6 heteroatoms. The first-order valence-electron chi connectivity index (χ1n) is 5.28. The van der Waals surface area contributed by atoms with E-state index >= 15 is 0 Å². The molecule has 0 spiro atoms. The van der Waals surface area contributed by atoms with Crippen LogP contribution in [0.25, 0.3) is 0 Å². The monoisotopic (exact) mass is 237 g/mol. The fraction of sp³-hybridized carbons (Fsp3) is 0.364. The van der Waals surface area contributed by atoms with E-state index in [0.29, 0.717) is 18.7 Å². The highest BCUT2D eigenvalue weighted by atomic mass is 16.4. The lowest BCUT2D eigenvalue weighted by Gasteiger charge is -2.08. The number of aliphatic carboxylic acids is 1. The van der Waals surface area contributed by atoms with E-state index in [9.17, 15) is 9.59 Å². The first-order valence-corrected chi connectivity index (χ1v) is 5.28. The highest BCUT2D eigenvalue weighted by Crippen LogP contribution is 2.09. The Labute approximate surface area is 99.1 Å². The van der Waals surface area contributed by atoms with Gasteiger partial charge in [-0.15, -0.1) is 0 Å². The van der Waals surface area contributed by atoms with Crippen molar-refractivity contribution in [3.63, 3.8) is 0 Å². The van der Waals surface area contributed by atoms with Gasteiger partial charge in [-0.2, -0.15) is 0 Å². The van der Waals surface area contributed by atoms with E-state index in [4.69, 9.17) is 5.11 Å². The molecule has 1 aromatic heterocycles. The van der Waals surface area contributed by atoms with Crippen LogP contribution >= 0.6 is 0 Å². The Hall–Kier alpha value is -2.11. The molecule has 3 N–H and O–H groups in total. The molecule has 0 aromatic carbocycles. The second-order valence-electron chi connectivity index (χ2n) is 3.51. The highest BCUT2D eigenvalue weighted by Gasteiger charge is 2.04. The number of hydrogen-bond acceptors (Lipinski definition) is 3. The number of carboxylic acids is 1. The topological polar surface area (TPSA) is 91.3 Å². The molecule has 6 nitrogen and oxygen atoms in total. The molecule has 1 rings (SSSR count). The molecular weight excluding hydrogens is 222 g/mol. The van der Waals surface area contributed by atoms with E-state index in [0.717, 1.165) is 5.69 Å². The zero-order chi connectivity index (χ0) is 12.7. The maximum Gasteiger partial charge on any atom is 0.319 e. The normalized spacial score (nSPS) is 9.71. The Morgan fingerprint density at radius 1 is 1.47 bits per heavy atom. The van der Waals surface area contributed by atoms with Crippen LogP contribution in [0.3, 0.4) is 0 Å². The number of amides is 2. The quantitative estimate of drug-likeness (QED) is 0.674. The third-order valence-corrected chi connectivity index (χ3v) is 2.11. The number of aromatic nitrogens is 1. The molecule has 0 saturated heterocycles. The van der Waals surface area contributed by atoms with E-state index in [1.165, 1.54) is 0 Å². The lowest BCUT2D eigenvalue weighted by molar-refractivity contribution is -0.137. The standard InChI is InChI=1S/C11H15N3O3/c1-8-9(4-2-6-12-8)14-11(17)13-7-3-5-10(15)16/h2,4,6H,3,5,7H2,1H3,(H,15,16)(H2,13,14,17). The van der Waals surface area contributed by atoms with Gasteiger partial charge in [0, 0.05) is 19.2 Å². The smallest absolute Gasteiger partial charge is 0.319 e. The third-order valence-electron chi connectivity index (χ3n) is 2.11. The molecule has 0 saturated carbocycles. The molecule has 17 heavy (non-hydrogen) atoms. The average molecular weight is 237 g/mol. The van der Waals surface area contributed by atoms with Gasteiger partial charge in [0.05, 0.1) is 11.4 Å². The maximum atomic E-state index is 11.4. The maximum absolute atomic E-state index is 11.4. The fourth-order valence-corrected chi connectivity index (χ4v) is 1.22. The van der Waals surface area contributed by atoms with Crippen LogP contribution in [0, 0.1) is 6.92 Å². The number of hydrogen-bond donors (Lipinski definition) is 3. The number of pyridine rings is 1. The molecule has 0 aliphatic rings. The van der Waals surface area contributed by atoms with E-state index in [-0.39, 0.29) is 12.5 Å². The van der Waals surface area contributed by atoms with E-state index in [2.05, 4.69) is 15.6 Å². The zero-order valence-electron chi connectivity index (χ0n) is 9.56. The fourth-order valence-electron chi connectivity index (χ4n) is 1.22.